The van der Waals surface area contributed by atoms with Crippen LogP contribution in [0.3, 0.4) is 0 Å². The first-order chi connectivity index (χ1) is 9.09. The minimum absolute atomic E-state index is 0.0732. The molecule has 2 rings (SSSR count). The lowest BCUT2D eigenvalue weighted by molar-refractivity contribution is 0.535. The number of nitrogens with zero attached hydrogens (tertiary/aromatic N) is 2. The van der Waals surface area contributed by atoms with Gasteiger partial charge in [0.25, 0.3) is 0 Å². The minimum Gasteiger partial charge on any atom is -0.310 e. The Hall–Kier alpha value is -1.33. The highest BCUT2D eigenvalue weighted by atomic mass is 32.1. The number of nitrogens with one attached hydrogen (secondary N) is 1. The van der Waals surface area contributed by atoms with E-state index in [0.29, 0.717) is 6.54 Å². The largest absolute Gasteiger partial charge is 0.328 e. The molecule has 104 valence electrons. The van der Waals surface area contributed by atoms with Gasteiger partial charge in [-0.25, -0.2) is 4.79 Å². The van der Waals surface area contributed by atoms with Crippen LogP contribution in [0.4, 0.5) is 0 Å². The van der Waals surface area contributed by atoms with Crippen molar-refractivity contribution in [2.75, 3.05) is 6.54 Å². The van der Waals surface area contributed by atoms with Crippen molar-refractivity contribution in [3.05, 3.63) is 44.8 Å². The van der Waals surface area contributed by atoms with E-state index in [1.807, 2.05) is 26.2 Å². The van der Waals surface area contributed by atoms with Gasteiger partial charge in [0.1, 0.15) is 0 Å². The Morgan fingerprint density at radius 2 is 2.16 bits per heavy atom. The molecule has 0 radical (unpaired) electrons. The van der Waals surface area contributed by atoms with Gasteiger partial charge in [-0.15, -0.1) is 11.3 Å². The molecule has 4 nitrogen and oxygen atoms in total. The van der Waals surface area contributed by atoms with Gasteiger partial charge in [0.2, 0.25) is 0 Å². The first kappa shape index (κ1) is 14.1. The predicted octanol–water partition coefficient (Wildman–Crippen LogP) is 2.39. The van der Waals surface area contributed by atoms with E-state index in [4.69, 9.17) is 0 Å². The molecule has 1 N–H and O–H groups in total. The predicted molar refractivity (Wildman–Crippen MR) is 79.8 cm³/mol. The van der Waals surface area contributed by atoms with Gasteiger partial charge in [-0.3, -0.25) is 9.13 Å². The number of rotatable bonds is 6. The normalized spacial score (nSPS) is 11.4. The van der Waals surface area contributed by atoms with E-state index in [0.717, 1.165) is 13.1 Å². The SMILES string of the molecule is Cc1ccsc1CNCCn1ccn(C(C)C)c1=O. The third kappa shape index (κ3) is 3.36. The maximum absolute atomic E-state index is 12.0. The summed E-state index contributed by atoms with van der Waals surface area (Å²) in [7, 11) is 0. The fourth-order valence-electron chi connectivity index (χ4n) is 1.98. The summed E-state index contributed by atoms with van der Waals surface area (Å²) in [6.07, 6.45) is 3.72. The van der Waals surface area contributed by atoms with Gasteiger partial charge in [-0.05, 0) is 37.8 Å². The van der Waals surface area contributed by atoms with Crippen molar-refractivity contribution in [2.45, 2.75) is 39.9 Å². The van der Waals surface area contributed by atoms with Crippen molar-refractivity contribution in [1.82, 2.24) is 14.5 Å². The van der Waals surface area contributed by atoms with E-state index in [-0.39, 0.29) is 11.7 Å². The van der Waals surface area contributed by atoms with Crippen LogP contribution >= 0.6 is 11.3 Å². The minimum atomic E-state index is 0.0732. The van der Waals surface area contributed by atoms with Crippen LogP contribution in [-0.4, -0.2) is 15.7 Å². The fourth-order valence-corrected chi connectivity index (χ4v) is 2.85. The molecule has 0 atom stereocenters. The average Bonchev–Trinajstić information content (AvgIpc) is 2.92. The molecule has 2 aromatic heterocycles. The quantitative estimate of drug-likeness (QED) is 0.825. The third-order valence-electron chi connectivity index (χ3n) is 3.21. The summed E-state index contributed by atoms with van der Waals surface area (Å²) < 4.78 is 3.51. The second kappa shape index (κ2) is 6.21. The van der Waals surface area contributed by atoms with Crippen molar-refractivity contribution in [3.63, 3.8) is 0 Å². The van der Waals surface area contributed by atoms with Crippen LogP contribution < -0.4 is 11.0 Å². The van der Waals surface area contributed by atoms with Crippen LogP contribution in [-0.2, 0) is 13.1 Å². The zero-order chi connectivity index (χ0) is 13.8. The maximum atomic E-state index is 12.0. The van der Waals surface area contributed by atoms with E-state index in [2.05, 4.69) is 23.7 Å². The number of hydrogen-bond acceptors (Lipinski definition) is 3. The highest BCUT2D eigenvalue weighted by Gasteiger charge is 2.05. The Kier molecular flexibility index (Phi) is 4.61. The molecule has 0 aliphatic rings. The van der Waals surface area contributed by atoms with Crippen molar-refractivity contribution >= 4 is 11.3 Å². The monoisotopic (exact) mass is 279 g/mol. The lowest BCUT2D eigenvalue weighted by atomic mass is 10.3. The Morgan fingerprint density at radius 3 is 2.74 bits per heavy atom. The summed E-state index contributed by atoms with van der Waals surface area (Å²) in [5.41, 5.74) is 1.41. The molecule has 0 bridgehead atoms. The molecule has 2 heterocycles. The Bertz CT molecular complexity index is 580. The summed E-state index contributed by atoms with van der Waals surface area (Å²) in [6, 6.07) is 2.35. The van der Waals surface area contributed by atoms with E-state index in [1.165, 1.54) is 10.4 Å². The smallest absolute Gasteiger partial charge is 0.310 e. The zero-order valence-electron chi connectivity index (χ0n) is 11.7. The maximum Gasteiger partial charge on any atom is 0.328 e. The molecule has 0 aliphatic heterocycles. The van der Waals surface area contributed by atoms with Crippen LogP contribution in [0.15, 0.2) is 28.6 Å². The molecule has 0 aromatic carbocycles. The molecular formula is C14H21N3OS. The van der Waals surface area contributed by atoms with Gasteiger partial charge in [0.05, 0.1) is 0 Å². The summed E-state index contributed by atoms with van der Waals surface area (Å²) in [5.74, 6) is 0. The van der Waals surface area contributed by atoms with Gasteiger partial charge < -0.3 is 5.32 Å². The van der Waals surface area contributed by atoms with E-state index < -0.39 is 0 Å². The molecular weight excluding hydrogens is 258 g/mol. The van der Waals surface area contributed by atoms with Gasteiger partial charge in [0.15, 0.2) is 0 Å². The second-order valence-corrected chi connectivity index (χ2v) is 5.98. The van der Waals surface area contributed by atoms with Gasteiger partial charge >= 0.3 is 5.69 Å². The van der Waals surface area contributed by atoms with Crippen molar-refractivity contribution < 1.29 is 0 Å². The summed E-state index contributed by atoms with van der Waals surface area (Å²) >= 11 is 1.77. The highest BCUT2D eigenvalue weighted by molar-refractivity contribution is 7.10. The molecule has 0 spiro atoms. The summed E-state index contributed by atoms with van der Waals surface area (Å²) in [4.78, 5) is 13.4. The number of aromatic nitrogens is 2. The lowest BCUT2D eigenvalue weighted by Gasteiger charge is -2.06. The topological polar surface area (TPSA) is 39.0 Å². The van der Waals surface area contributed by atoms with E-state index >= 15 is 0 Å². The Labute approximate surface area is 117 Å². The second-order valence-electron chi connectivity index (χ2n) is 4.98. The first-order valence-electron chi connectivity index (χ1n) is 6.60. The summed E-state index contributed by atoms with van der Waals surface area (Å²) in [5, 5.41) is 5.49. The number of aryl methyl sites for hydroxylation is 1. The highest BCUT2D eigenvalue weighted by Crippen LogP contribution is 2.14. The molecule has 19 heavy (non-hydrogen) atoms. The van der Waals surface area contributed by atoms with Gasteiger partial charge in [0, 0.05) is 42.9 Å². The van der Waals surface area contributed by atoms with Crippen LogP contribution in [0.2, 0.25) is 0 Å². The molecule has 5 heteroatoms. The van der Waals surface area contributed by atoms with Crippen molar-refractivity contribution in [1.29, 1.82) is 0 Å². The molecule has 0 amide bonds. The fraction of sp³-hybridized carbons (Fsp3) is 0.500. The van der Waals surface area contributed by atoms with Gasteiger partial charge in [-0.2, -0.15) is 0 Å². The van der Waals surface area contributed by atoms with E-state index in [9.17, 15) is 4.79 Å². The molecule has 0 saturated carbocycles. The standard InChI is InChI=1S/C14H21N3OS/c1-11(2)17-8-7-16(14(17)18)6-5-15-10-13-12(3)4-9-19-13/h4,7-9,11,15H,5-6,10H2,1-3H3. The molecule has 0 saturated heterocycles. The van der Waals surface area contributed by atoms with Crippen molar-refractivity contribution in [2.24, 2.45) is 0 Å². The first-order valence-corrected chi connectivity index (χ1v) is 7.48. The van der Waals surface area contributed by atoms with Crippen LogP contribution in [0.5, 0.6) is 0 Å². The van der Waals surface area contributed by atoms with E-state index in [1.54, 1.807) is 20.5 Å². The third-order valence-corrected chi connectivity index (χ3v) is 4.24. The van der Waals surface area contributed by atoms with Gasteiger partial charge in [-0.1, -0.05) is 0 Å². The zero-order valence-corrected chi connectivity index (χ0v) is 12.5. The van der Waals surface area contributed by atoms with Crippen LogP contribution in [0.25, 0.3) is 0 Å². The Balaban J connectivity index is 1.83. The van der Waals surface area contributed by atoms with Crippen molar-refractivity contribution in [3.8, 4) is 0 Å². The Morgan fingerprint density at radius 1 is 1.37 bits per heavy atom. The van der Waals surface area contributed by atoms with Crippen LogP contribution in [0, 0.1) is 6.92 Å². The molecule has 0 aliphatic carbocycles. The average molecular weight is 279 g/mol. The summed E-state index contributed by atoms with van der Waals surface area (Å²) in [6.45, 7) is 8.55. The molecule has 0 unspecified atom stereocenters. The number of hydrogen-bond donors (Lipinski definition) is 1. The number of thiophene rings is 1. The van der Waals surface area contributed by atoms with Crippen LogP contribution in [0.1, 0.15) is 30.3 Å². The molecule has 0 fully saturated rings. The molecule has 2 aromatic rings. The lowest BCUT2D eigenvalue weighted by Crippen LogP contribution is -2.29. The number of imidazole rings is 1.